The fourth-order valence-corrected chi connectivity index (χ4v) is 3.38. The van der Waals surface area contributed by atoms with Gasteiger partial charge in [-0.05, 0) is 35.9 Å². The number of alkyl halides is 2. The molecule has 1 aromatic carbocycles. The maximum atomic E-state index is 14.5. The first-order valence-electron chi connectivity index (χ1n) is 9.98. The van der Waals surface area contributed by atoms with Crippen molar-refractivity contribution in [3.63, 3.8) is 0 Å². The molecule has 0 aliphatic carbocycles. The average Bonchev–Trinajstić information content (AvgIpc) is 3.35. The maximum absolute atomic E-state index is 14.5. The lowest BCUT2D eigenvalue weighted by atomic mass is 10.1. The number of aromatic hydroxyl groups is 1. The van der Waals surface area contributed by atoms with Gasteiger partial charge in [-0.1, -0.05) is 17.7 Å². The molecule has 12 heteroatoms. The minimum absolute atomic E-state index is 0.119. The molecule has 3 N–H and O–H groups in total. The molecule has 0 aliphatic rings. The highest BCUT2D eigenvalue weighted by atomic mass is 35.5. The van der Waals surface area contributed by atoms with Crippen LogP contribution in [0.2, 0.25) is 5.02 Å². The number of benzene rings is 1. The third kappa shape index (κ3) is 5.26. The van der Waals surface area contributed by atoms with Crippen molar-refractivity contribution in [3.8, 4) is 11.4 Å². The zero-order chi connectivity index (χ0) is 24.1. The van der Waals surface area contributed by atoms with Crippen molar-refractivity contribution in [2.75, 3.05) is 17.2 Å². The van der Waals surface area contributed by atoms with Gasteiger partial charge >= 0.3 is 5.92 Å². The van der Waals surface area contributed by atoms with Crippen LogP contribution in [0, 0.1) is 0 Å². The zero-order valence-corrected chi connectivity index (χ0v) is 18.2. The van der Waals surface area contributed by atoms with Gasteiger partial charge in [-0.15, -0.1) is 0 Å². The van der Waals surface area contributed by atoms with Crippen LogP contribution in [0.1, 0.15) is 11.3 Å². The first-order chi connectivity index (χ1) is 16.3. The second-order valence-corrected chi connectivity index (χ2v) is 7.60. The SMILES string of the molecule is O=C(Cc1cc(Cl)ccc1-n1cncn1)Nc1c(O)ccnc1NCC(F)(F)c1ccccn1. The quantitative estimate of drug-likeness (QED) is 0.347. The fourth-order valence-electron chi connectivity index (χ4n) is 3.18. The Morgan fingerprint density at radius 2 is 2.00 bits per heavy atom. The van der Waals surface area contributed by atoms with Crippen LogP contribution in [0.25, 0.3) is 5.69 Å². The predicted molar refractivity (Wildman–Crippen MR) is 121 cm³/mol. The highest BCUT2D eigenvalue weighted by Gasteiger charge is 2.33. The first kappa shape index (κ1) is 23.1. The van der Waals surface area contributed by atoms with Crippen LogP contribution >= 0.6 is 11.6 Å². The van der Waals surface area contributed by atoms with Gasteiger partial charge in [0, 0.05) is 23.5 Å². The molecule has 4 aromatic rings. The van der Waals surface area contributed by atoms with E-state index in [0.29, 0.717) is 16.3 Å². The van der Waals surface area contributed by atoms with E-state index in [1.54, 1.807) is 18.2 Å². The van der Waals surface area contributed by atoms with Crippen LogP contribution in [-0.2, 0) is 17.1 Å². The second kappa shape index (κ2) is 9.79. The lowest BCUT2D eigenvalue weighted by molar-refractivity contribution is -0.115. The Kier molecular flexibility index (Phi) is 6.64. The molecule has 0 spiro atoms. The molecule has 3 aromatic heterocycles. The summed E-state index contributed by atoms with van der Waals surface area (Å²) in [6.07, 6.45) is 5.18. The number of nitrogens with one attached hydrogen (secondary N) is 2. The van der Waals surface area contributed by atoms with Crippen LogP contribution in [0.3, 0.4) is 0 Å². The predicted octanol–water partition coefficient (Wildman–Crippen LogP) is 3.80. The van der Waals surface area contributed by atoms with Gasteiger partial charge in [0.25, 0.3) is 0 Å². The number of amides is 1. The second-order valence-electron chi connectivity index (χ2n) is 7.16. The number of hydrogen-bond acceptors (Lipinski definition) is 7. The number of carbonyl (C=O) groups is 1. The average molecular weight is 486 g/mol. The number of halogens is 3. The van der Waals surface area contributed by atoms with Gasteiger partial charge in [-0.3, -0.25) is 9.78 Å². The van der Waals surface area contributed by atoms with Crippen molar-refractivity contribution in [1.29, 1.82) is 0 Å². The molecule has 4 rings (SSSR count). The van der Waals surface area contributed by atoms with E-state index < -0.39 is 24.1 Å². The lowest BCUT2D eigenvalue weighted by Gasteiger charge is -2.19. The Balaban J connectivity index is 1.52. The largest absolute Gasteiger partial charge is 0.506 e. The minimum Gasteiger partial charge on any atom is -0.506 e. The molecule has 1 amide bonds. The van der Waals surface area contributed by atoms with E-state index in [9.17, 15) is 18.7 Å². The topological polar surface area (TPSA) is 118 Å². The number of aromatic nitrogens is 5. The molecule has 0 saturated heterocycles. The van der Waals surface area contributed by atoms with Gasteiger partial charge in [0.1, 0.15) is 29.8 Å². The first-order valence-corrected chi connectivity index (χ1v) is 10.4. The molecule has 0 unspecified atom stereocenters. The number of rotatable bonds is 8. The molecule has 0 bridgehead atoms. The monoisotopic (exact) mass is 485 g/mol. The summed E-state index contributed by atoms with van der Waals surface area (Å²) >= 11 is 6.09. The van der Waals surface area contributed by atoms with Crippen LogP contribution in [-0.4, -0.2) is 42.3 Å². The van der Waals surface area contributed by atoms with Gasteiger partial charge in [0.2, 0.25) is 5.91 Å². The van der Waals surface area contributed by atoms with Crippen LogP contribution < -0.4 is 10.6 Å². The summed E-state index contributed by atoms with van der Waals surface area (Å²) in [4.78, 5) is 24.4. The molecule has 0 atom stereocenters. The van der Waals surface area contributed by atoms with Crippen molar-refractivity contribution in [2.45, 2.75) is 12.3 Å². The van der Waals surface area contributed by atoms with E-state index in [1.807, 2.05) is 0 Å². The van der Waals surface area contributed by atoms with Crippen molar-refractivity contribution in [3.05, 3.63) is 83.8 Å². The van der Waals surface area contributed by atoms with Gasteiger partial charge < -0.3 is 15.7 Å². The third-order valence-electron chi connectivity index (χ3n) is 4.77. The van der Waals surface area contributed by atoms with Gasteiger partial charge in [-0.2, -0.15) is 13.9 Å². The van der Waals surface area contributed by atoms with E-state index in [1.165, 1.54) is 54.0 Å². The number of nitrogens with zero attached hydrogens (tertiary/aromatic N) is 5. The minimum atomic E-state index is -3.32. The summed E-state index contributed by atoms with van der Waals surface area (Å²) in [5.74, 6) is -4.31. The highest BCUT2D eigenvalue weighted by molar-refractivity contribution is 6.30. The summed E-state index contributed by atoms with van der Waals surface area (Å²) in [6, 6.07) is 10.4. The van der Waals surface area contributed by atoms with Gasteiger partial charge in [0.15, 0.2) is 5.82 Å². The fraction of sp³-hybridized carbons (Fsp3) is 0.136. The van der Waals surface area contributed by atoms with Crippen LogP contribution in [0.15, 0.2) is 67.5 Å². The number of pyridine rings is 2. The highest BCUT2D eigenvalue weighted by Crippen LogP contribution is 2.32. The van der Waals surface area contributed by atoms with Gasteiger partial charge in [0.05, 0.1) is 18.7 Å². The van der Waals surface area contributed by atoms with Crippen molar-refractivity contribution >= 4 is 29.0 Å². The number of anilines is 2. The maximum Gasteiger partial charge on any atom is 0.306 e. The Morgan fingerprint density at radius 3 is 2.74 bits per heavy atom. The third-order valence-corrected chi connectivity index (χ3v) is 5.00. The molecule has 3 heterocycles. The van der Waals surface area contributed by atoms with Crippen molar-refractivity contribution in [1.82, 2.24) is 24.7 Å². The normalized spacial score (nSPS) is 11.3. The van der Waals surface area contributed by atoms with Crippen molar-refractivity contribution in [2.24, 2.45) is 0 Å². The summed E-state index contributed by atoms with van der Waals surface area (Å²) in [5.41, 5.74) is 0.569. The van der Waals surface area contributed by atoms with Crippen LogP contribution in [0.5, 0.6) is 5.75 Å². The van der Waals surface area contributed by atoms with E-state index in [2.05, 4.69) is 30.7 Å². The van der Waals surface area contributed by atoms with Crippen molar-refractivity contribution < 1.29 is 18.7 Å². The lowest BCUT2D eigenvalue weighted by Crippen LogP contribution is -2.27. The summed E-state index contributed by atoms with van der Waals surface area (Å²) in [6.45, 7) is -0.853. The Hall–Kier alpha value is -4.12. The number of carbonyl (C=O) groups excluding carboxylic acids is 1. The molecule has 0 fully saturated rings. The molecule has 0 radical (unpaired) electrons. The van der Waals surface area contributed by atoms with Gasteiger partial charge in [-0.25, -0.2) is 14.6 Å². The summed E-state index contributed by atoms with van der Waals surface area (Å²) in [7, 11) is 0. The Bertz CT molecular complexity index is 1290. The van der Waals surface area contributed by atoms with E-state index >= 15 is 0 Å². The molecular weight excluding hydrogens is 468 g/mol. The number of hydrogen-bond donors (Lipinski definition) is 3. The Labute approximate surface area is 197 Å². The van der Waals surface area contributed by atoms with Crippen LogP contribution in [0.4, 0.5) is 20.3 Å². The molecule has 9 nitrogen and oxygen atoms in total. The van der Waals surface area contributed by atoms with E-state index in [0.717, 1.165) is 0 Å². The molecule has 0 aliphatic heterocycles. The zero-order valence-electron chi connectivity index (χ0n) is 17.5. The van der Waals surface area contributed by atoms with E-state index in [4.69, 9.17) is 11.6 Å². The summed E-state index contributed by atoms with van der Waals surface area (Å²) < 4.78 is 30.5. The standard InChI is InChI=1S/C22H18ClF2N7O2/c23-15-4-5-16(32-13-26-12-30-32)14(9-15)10-19(34)31-20-17(33)6-8-28-21(20)29-11-22(24,25)18-3-1-2-7-27-18/h1-9,12-13H,10-11H2,(H,31,34)(H2,28,29,33). The molecule has 0 saturated carbocycles. The molecule has 34 heavy (non-hydrogen) atoms. The summed E-state index contributed by atoms with van der Waals surface area (Å²) in [5, 5.41) is 19.8. The Morgan fingerprint density at radius 1 is 1.15 bits per heavy atom. The molecule has 174 valence electrons. The van der Waals surface area contributed by atoms with E-state index in [-0.39, 0.29) is 23.7 Å². The smallest absolute Gasteiger partial charge is 0.306 e. The molecular formula is C22H18ClF2N7O2.